The number of aryl methyl sites for hydroxylation is 1. The van der Waals surface area contributed by atoms with Crippen LogP contribution >= 0.6 is 12.4 Å². The second-order valence-electron chi connectivity index (χ2n) is 3.84. The highest BCUT2D eigenvalue weighted by molar-refractivity contribution is 5.94. The molecule has 0 aromatic carbocycles. The van der Waals surface area contributed by atoms with E-state index in [-0.39, 0.29) is 18.4 Å². The summed E-state index contributed by atoms with van der Waals surface area (Å²) in [6.45, 7) is 4.44. The number of rotatable bonds is 1. The van der Waals surface area contributed by atoms with Gasteiger partial charge in [-0.15, -0.1) is 12.4 Å². The Morgan fingerprint density at radius 2 is 2.05 bits per heavy atom. The summed E-state index contributed by atoms with van der Waals surface area (Å²) in [6, 6.07) is 1.66. The summed E-state index contributed by atoms with van der Waals surface area (Å²) < 4.78 is 10.1. The van der Waals surface area contributed by atoms with Crippen molar-refractivity contribution in [3.63, 3.8) is 0 Å². The summed E-state index contributed by atoms with van der Waals surface area (Å²) in [5.74, 6) is 1.42. The van der Waals surface area contributed by atoms with Crippen LogP contribution in [0.3, 0.4) is 0 Å². The zero-order chi connectivity index (χ0) is 13.0. The predicted molar refractivity (Wildman–Crippen MR) is 73.8 cm³/mol. The van der Waals surface area contributed by atoms with Crippen molar-refractivity contribution in [3.8, 4) is 0 Å². The maximum atomic E-state index is 5.82. The minimum Gasteiger partial charge on any atom is -0.378 e. The largest absolute Gasteiger partial charge is 0.378 e. The molecule has 1 aliphatic rings. The van der Waals surface area contributed by atoms with Gasteiger partial charge in [0.2, 0.25) is 5.96 Å². The number of nitrogens with zero attached hydrogens (tertiary/aromatic N) is 4. The molecule has 2 heterocycles. The average Bonchev–Trinajstić information content (AvgIpc) is 2.75. The van der Waals surface area contributed by atoms with Crippen LogP contribution in [0.5, 0.6) is 0 Å². The minimum atomic E-state index is 0. The molecular formula is C10H17ClN6O2. The van der Waals surface area contributed by atoms with Crippen molar-refractivity contribution >= 4 is 30.1 Å². The van der Waals surface area contributed by atoms with Crippen molar-refractivity contribution < 1.29 is 9.26 Å². The lowest BCUT2D eigenvalue weighted by molar-refractivity contribution is 0.0676. The van der Waals surface area contributed by atoms with Gasteiger partial charge in [-0.2, -0.15) is 9.98 Å². The molecular weight excluding hydrogens is 272 g/mol. The number of aromatic nitrogens is 1. The smallest absolute Gasteiger partial charge is 0.225 e. The van der Waals surface area contributed by atoms with Crippen LogP contribution in [0, 0.1) is 6.92 Å². The molecule has 9 heteroatoms. The van der Waals surface area contributed by atoms with Crippen LogP contribution in [-0.4, -0.2) is 48.3 Å². The van der Waals surface area contributed by atoms with E-state index in [9.17, 15) is 0 Å². The Kier molecular flexibility index (Phi) is 5.58. The van der Waals surface area contributed by atoms with E-state index in [1.165, 1.54) is 0 Å². The molecule has 2 rings (SSSR count). The van der Waals surface area contributed by atoms with E-state index in [2.05, 4.69) is 15.1 Å². The molecule has 0 spiro atoms. The summed E-state index contributed by atoms with van der Waals surface area (Å²) in [7, 11) is 0. The topological polar surface area (TPSA) is 115 Å². The molecule has 0 atom stereocenters. The van der Waals surface area contributed by atoms with E-state index in [0.29, 0.717) is 43.8 Å². The lowest BCUT2D eigenvalue weighted by Gasteiger charge is -2.27. The summed E-state index contributed by atoms with van der Waals surface area (Å²) in [5.41, 5.74) is 11.5. The molecule has 0 bridgehead atoms. The van der Waals surface area contributed by atoms with Crippen molar-refractivity contribution in [2.75, 3.05) is 26.3 Å². The van der Waals surface area contributed by atoms with Crippen LogP contribution in [0.2, 0.25) is 0 Å². The van der Waals surface area contributed by atoms with Crippen molar-refractivity contribution in [1.82, 2.24) is 10.1 Å². The van der Waals surface area contributed by atoms with Gasteiger partial charge in [0.05, 0.1) is 13.2 Å². The van der Waals surface area contributed by atoms with Crippen LogP contribution < -0.4 is 11.5 Å². The van der Waals surface area contributed by atoms with E-state index < -0.39 is 0 Å². The van der Waals surface area contributed by atoms with Gasteiger partial charge in [-0.05, 0) is 6.92 Å². The highest BCUT2D eigenvalue weighted by Crippen LogP contribution is 2.10. The van der Waals surface area contributed by atoms with Crippen molar-refractivity contribution in [2.45, 2.75) is 6.92 Å². The molecule has 1 fully saturated rings. The molecule has 1 aliphatic heterocycles. The maximum Gasteiger partial charge on any atom is 0.225 e. The molecule has 1 aromatic heterocycles. The number of nitrogens with two attached hydrogens (primary N) is 2. The van der Waals surface area contributed by atoms with E-state index in [4.69, 9.17) is 20.7 Å². The van der Waals surface area contributed by atoms with E-state index in [0.717, 1.165) is 0 Å². The van der Waals surface area contributed by atoms with Crippen molar-refractivity contribution in [2.24, 2.45) is 21.5 Å². The number of hydrogen-bond acceptors (Lipinski definition) is 4. The van der Waals surface area contributed by atoms with Gasteiger partial charge >= 0.3 is 0 Å². The Morgan fingerprint density at radius 3 is 2.63 bits per heavy atom. The fraction of sp³-hybridized carbons (Fsp3) is 0.500. The second-order valence-corrected chi connectivity index (χ2v) is 3.84. The first kappa shape index (κ1) is 15.3. The van der Waals surface area contributed by atoms with Crippen LogP contribution in [-0.2, 0) is 4.74 Å². The highest BCUT2D eigenvalue weighted by atomic mass is 35.5. The fourth-order valence-electron chi connectivity index (χ4n) is 1.53. The lowest BCUT2D eigenvalue weighted by atomic mass is 10.4. The molecule has 0 amide bonds. The third kappa shape index (κ3) is 4.42. The quantitative estimate of drug-likeness (QED) is 0.555. The molecule has 0 saturated carbocycles. The minimum absolute atomic E-state index is 0. The third-order valence-electron chi connectivity index (χ3n) is 2.41. The monoisotopic (exact) mass is 288 g/mol. The van der Waals surface area contributed by atoms with Gasteiger partial charge in [0.15, 0.2) is 11.8 Å². The zero-order valence-electron chi connectivity index (χ0n) is 10.6. The van der Waals surface area contributed by atoms with Crippen LogP contribution in [0.25, 0.3) is 0 Å². The van der Waals surface area contributed by atoms with E-state index in [1.807, 2.05) is 4.90 Å². The normalized spacial score (nSPS) is 17.2. The van der Waals surface area contributed by atoms with Gasteiger partial charge in [0.1, 0.15) is 5.76 Å². The Labute approximate surface area is 116 Å². The lowest BCUT2D eigenvalue weighted by Crippen LogP contribution is -2.45. The molecule has 4 N–H and O–H groups in total. The van der Waals surface area contributed by atoms with Gasteiger partial charge in [-0.1, -0.05) is 5.16 Å². The summed E-state index contributed by atoms with van der Waals surface area (Å²) in [5, 5.41) is 3.69. The molecule has 1 saturated heterocycles. The molecule has 0 unspecified atom stereocenters. The summed E-state index contributed by atoms with van der Waals surface area (Å²) in [4.78, 5) is 9.88. The Morgan fingerprint density at radius 1 is 1.37 bits per heavy atom. The number of morpholine rings is 1. The van der Waals surface area contributed by atoms with Crippen LogP contribution in [0.15, 0.2) is 20.6 Å². The van der Waals surface area contributed by atoms with Gasteiger partial charge in [-0.3, -0.25) is 0 Å². The van der Waals surface area contributed by atoms with Gasteiger partial charge < -0.3 is 25.6 Å². The Hall–Kier alpha value is -1.80. The summed E-state index contributed by atoms with van der Waals surface area (Å²) >= 11 is 0. The number of aliphatic imine (C=N–C) groups is 2. The summed E-state index contributed by atoms with van der Waals surface area (Å²) in [6.07, 6.45) is 0. The number of ether oxygens (including phenoxy) is 1. The Balaban J connectivity index is 0.00000180. The van der Waals surface area contributed by atoms with Gasteiger partial charge in [0, 0.05) is 19.2 Å². The molecule has 19 heavy (non-hydrogen) atoms. The number of hydrogen-bond donors (Lipinski definition) is 2. The Bertz CT molecular complexity index is 466. The van der Waals surface area contributed by atoms with Crippen LogP contribution in [0.1, 0.15) is 5.76 Å². The maximum absolute atomic E-state index is 5.82. The van der Waals surface area contributed by atoms with Crippen molar-refractivity contribution in [1.29, 1.82) is 0 Å². The molecule has 0 radical (unpaired) electrons. The second kappa shape index (κ2) is 6.95. The molecule has 1 aromatic rings. The van der Waals surface area contributed by atoms with Crippen molar-refractivity contribution in [3.05, 3.63) is 11.8 Å². The fourth-order valence-corrected chi connectivity index (χ4v) is 1.53. The van der Waals surface area contributed by atoms with Gasteiger partial charge in [-0.25, -0.2) is 0 Å². The average molecular weight is 289 g/mol. The van der Waals surface area contributed by atoms with E-state index >= 15 is 0 Å². The third-order valence-corrected chi connectivity index (χ3v) is 2.41. The first-order valence-electron chi connectivity index (χ1n) is 5.59. The number of halogens is 1. The van der Waals surface area contributed by atoms with Gasteiger partial charge in [0.25, 0.3) is 0 Å². The molecule has 106 valence electrons. The molecule has 8 nitrogen and oxygen atoms in total. The van der Waals surface area contributed by atoms with E-state index in [1.54, 1.807) is 13.0 Å². The number of guanidine groups is 2. The first-order chi connectivity index (χ1) is 8.65. The predicted octanol–water partition coefficient (Wildman–Crippen LogP) is -0.00208. The first-order valence-corrected chi connectivity index (χ1v) is 5.59. The highest BCUT2D eigenvalue weighted by Gasteiger charge is 2.12. The zero-order valence-corrected chi connectivity index (χ0v) is 11.4. The SMILES string of the molecule is Cc1cc(N=C(N)/N=C(\N)N2CCOCC2)no1.Cl. The standard InChI is InChI=1S/C10H16N6O2.ClH/c1-7-6-8(15-18-7)13-9(11)14-10(12)16-2-4-17-5-3-16;/h6H,2-5H2,1H3,(H4,11,12,13,14,15);1H. The van der Waals surface area contributed by atoms with Crippen LogP contribution in [0.4, 0.5) is 5.82 Å². The molecule has 0 aliphatic carbocycles.